The lowest BCUT2D eigenvalue weighted by Gasteiger charge is -2.45. The van der Waals surface area contributed by atoms with Gasteiger partial charge >= 0.3 is 0 Å². The zero-order chi connectivity index (χ0) is 18.3. The third-order valence-electron chi connectivity index (χ3n) is 3.96. The van der Waals surface area contributed by atoms with Crippen molar-refractivity contribution in [1.82, 2.24) is 9.80 Å². The number of hydrogen-bond donors (Lipinski definition) is 0. The summed E-state index contributed by atoms with van der Waals surface area (Å²) in [6.07, 6.45) is 2.12. The van der Waals surface area contributed by atoms with E-state index in [2.05, 4.69) is 0 Å². The zero-order valence-electron chi connectivity index (χ0n) is 13.0. The fraction of sp³-hybridized carbons (Fsp3) is 0.714. The number of rotatable bonds is 10. The second kappa shape index (κ2) is 9.18. The lowest BCUT2D eigenvalue weighted by Crippen LogP contribution is -2.60. The molecule has 136 valence electrons. The Balaban J connectivity index is 3.03. The first-order valence-electron chi connectivity index (χ1n) is 7.48. The molecule has 2 unspecified atom stereocenters. The summed E-state index contributed by atoms with van der Waals surface area (Å²) in [6, 6.07) is -1.32. The van der Waals surface area contributed by atoms with Gasteiger partial charge in [0, 0.05) is 38.3 Å². The largest absolute Gasteiger partial charge is 0.549 e. The van der Waals surface area contributed by atoms with Crippen molar-refractivity contribution < 1.29 is 39.6 Å². The van der Waals surface area contributed by atoms with Gasteiger partial charge in [0.25, 0.3) is 0 Å². The van der Waals surface area contributed by atoms with Crippen LogP contribution in [0.1, 0.15) is 25.7 Å². The van der Waals surface area contributed by atoms with E-state index in [0.29, 0.717) is 25.7 Å². The van der Waals surface area contributed by atoms with Crippen molar-refractivity contribution in [1.29, 1.82) is 0 Å². The third-order valence-corrected chi connectivity index (χ3v) is 3.96. The number of hydrogen-bond acceptors (Lipinski definition) is 10. The van der Waals surface area contributed by atoms with Crippen LogP contribution in [0.15, 0.2) is 0 Å². The standard InChI is InChI=1S/C14H22N2O8/c17-11(18)5-15(6-12(19)20)9-3-1-2-4-10(9)16(7-13(21)22)8-14(23)24/h9-10H,1-8H2,(H,17,18)(H,19,20)(H,21,22)(H,23,24)/p-4. The molecule has 10 heteroatoms. The zero-order valence-corrected chi connectivity index (χ0v) is 13.0. The Kier molecular flexibility index (Phi) is 7.59. The predicted molar refractivity (Wildman–Crippen MR) is 69.2 cm³/mol. The van der Waals surface area contributed by atoms with Crippen LogP contribution in [0.2, 0.25) is 0 Å². The van der Waals surface area contributed by atoms with E-state index in [1.54, 1.807) is 0 Å². The molecule has 0 heterocycles. The van der Waals surface area contributed by atoms with Crippen molar-refractivity contribution in [3.8, 4) is 0 Å². The van der Waals surface area contributed by atoms with Crippen LogP contribution in [0.3, 0.4) is 0 Å². The lowest BCUT2D eigenvalue weighted by atomic mass is 9.87. The molecule has 0 N–H and O–H groups in total. The first-order chi connectivity index (χ1) is 11.2. The normalized spacial score (nSPS) is 20.9. The van der Waals surface area contributed by atoms with Crippen molar-refractivity contribution in [3.63, 3.8) is 0 Å². The molecule has 0 bridgehead atoms. The van der Waals surface area contributed by atoms with Crippen LogP contribution >= 0.6 is 0 Å². The van der Waals surface area contributed by atoms with Crippen LogP contribution in [0.5, 0.6) is 0 Å². The quantitative estimate of drug-likeness (QED) is 0.372. The van der Waals surface area contributed by atoms with E-state index < -0.39 is 62.1 Å². The maximum atomic E-state index is 10.9. The molecule has 0 aromatic rings. The average Bonchev–Trinajstić information content (AvgIpc) is 2.44. The monoisotopic (exact) mass is 342 g/mol. The van der Waals surface area contributed by atoms with Gasteiger partial charge in [0.2, 0.25) is 0 Å². The molecule has 0 amide bonds. The van der Waals surface area contributed by atoms with E-state index in [1.165, 1.54) is 0 Å². The van der Waals surface area contributed by atoms with Crippen LogP contribution < -0.4 is 20.4 Å². The smallest absolute Gasteiger partial charge is 0.0555 e. The van der Waals surface area contributed by atoms with Gasteiger partial charge in [0.1, 0.15) is 0 Å². The molecule has 1 aliphatic rings. The van der Waals surface area contributed by atoms with E-state index in [0.717, 1.165) is 9.80 Å². The Morgan fingerprint density at radius 1 is 0.625 bits per heavy atom. The summed E-state index contributed by atoms with van der Waals surface area (Å²) in [5.41, 5.74) is 0. The highest BCUT2D eigenvalue weighted by Gasteiger charge is 2.34. The Bertz CT molecular complexity index is 419. The second-order valence-corrected chi connectivity index (χ2v) is 5.72. The molecule has 0 saturated heterocycles. The maximum absolute atomic E-state index is 10.9. The summed E-state index contributed by atoms with van der Waals surface area (Å²) in [6.45, 7) is -2.72. The average molecular weight is 342 g/mol. The maximum Gasteiger partial charge on any atom is 0.0555 e. The Morgan fingerprint density at radius 3 is 1.08 bits per heavy atom. The summed E-state index contributed by atoms with van der Waals surface area (Å²) in [5.74, 6) is -5.97. The summed E-state index contributed by atoms with van der Waals surface area (Å²) in [5, 5.41) is 43.5. The third kappa shape index (κ3) is 6.50. The first-order valence-corrected chi connectivity index (χ1v) is 7.48. The summed E-state index contributed by atoms with van der Waals surface area (Å²) < 4.78 is 0. The van der Waals surface area contributed by atoms with E-state index in [-0.39, 0.29) is 0 Å². The van der Waals surface area contributed by atoms with Gasteiger partial charge < -0.3 is 39.6 Å². The summed E-state index contributed by atoms with van der Waals surface area (Å²) in [4.78, 5) is 45.7. The number of carboxylic acids is 4. The van der Waals surface area contributed by atoms with E-state index in [4.69, 9.17) is 0 Å². The Labute approximate surface area is 138 Å². The Morgan fingerprint density at radius 2 is 0.875 bits per heavy atom. The number of carboxylic acid groups (broad SMARTS) is 4. The molecule has 2 atom stereocenters. The molecule has 1 aliphatic carbocycles. The highest BCUT2D eigenvalue weighted by molar-refractivity contribution is 5.71. The minimum atomic E-state index is -1.49. The lowest BCUT2D eigenvalue weighted by molar-refractivity contribution is -0.316. The van der Waals surface area contributed by atoms with Crippen molar-refractivity contribution >= 4 is 23.9 Å². The van der Waals surface area contributed by atoms with E-state index in [9.17, 15) is 39.6 Å². The van der Waals surface area contributed by atoms with Crippen LogP contribution in [0.4, 0.5) is 0 Å². The molecule has 0 aromatic carbocycles. The van der Waals surface area contributed by atoms with Crippen LogP contribution in [-0.2, 0) is 19.2 Å². The highest BCUT2D eigenvalue weighted by Crippen LogP contribution is 2.27. The number of carbonyl (C=O) groups excluding carboxylic acids is 4. The van der Waals surface area contributed by atoms with Crippen molar-refractivity contribution in [2.75, 3.05) is 26.2 Å². The fourth-order valence-electron chi connectivity index (χ4n) is 3.19. The number of aliphatic carboxylic acids is 4. The van der Waals surface area contributed by atoms with Crippen LogP contribution in [0, 0.1) is 0 Å². The van der Waals surface area contributed by atoms with Gasteiger partial charge in [-0.25, -0.2) is 0 Å². The molecule has 1 saturated carbocycles. The van der Waals surface area contributed by atoms with Crippen molar-refractivity contribution in [2.45, 2.75) is 37.8 Å². The van der Waals surface area contributed by atoms with Crippen molar-refractivity contribution in [2.24, 2.45) is 0 Å². The van der Waals surface area contributed by atoms with Gasteiger partial charge in [0.15, 0.2) is 0 Å². The van der Waals surface area contributed by atoms with Crippen LogP contribution in [0.25, 0.3) is 0 Å². The van der Waals surface area contributed by atoms with Crippen molar-refractivity contribution in [3.05, 3.63) is 0 Å². The summed E-state index contributed by atoms with van der Waals surface area (Å²) in [7, 11) is 0. The molecule has 24 heavy (non-hydrogen) atoms. The topological polar surface area (TPSA) is 167 Å². The SMILES string of the molecule is O=C([O-])CN(CC(=O)[O-])C1CCCCC1N(CC(=O)[O-])CC(=O)[O-]. The molecule has 10 nitrogen and oxygen atoms in total. The molecule has 0 radical (unpaired) electrons. The minimum absolute atomic E-state index is 0.391. The molecule has 0 aliphatic heterocycles. The van der Waals surface area contributed by atoms with Gasteiger partial charge in [0.05, 0.1) is 23.9 Å². The van der Waals surface area contributed by atoms with Gasteiger partial charge in [-0.15, -0.1) is 0 Å². The molecule has 1 fully saturated rings. The minimum Gasteiger partial charge on any atom is -0.549 e. The molecular weight excluding hydrogens is 324 g/mol. The van der Waals surface area contributed by atoms with E-state index in [1.807, 2.05) is 0 Å². The van der Waals surface area contributed by atoms with Crippen LogP contribution in [-0.4, -0.2) is 71.9 Å². The van der Waals surface area contributed by atoms with Gasteiger partial charge in [-0.3, -0.25) is 9.80 Å². The molecule has 1 rings (SSSR count). The number of carbonyl (C=O) groups is 4. The molecular formula is C14H18N2O8-4. The number of nitrogens with zero attached hydrogens (tertiary/aromatic N) is 2. The Hall–Kier alpha value is -2.20. The highest BCUT2D eigenvalue weighted by atomic mass is 16.4. The van der Waals surface area contributed by atoms with Gasteiger partial charge in [-0.1, -0.05) is 12.8 Å². The van der Waals surface area contributed by atoms with Gasteiger partial charge in [-0.2, -0.15) is 0 Å². The molecule has 0 aromatic heterocycles. The van der Waals surface area contributed by atoms with Gasteiger partial charge in [-0.05, 0) is 12.8 Å². The second-order valence-electron chi connectivity index (χ2n) is 5.72. The van der Waals surface area contributed by atoms with E-state index >= 15 is 0 Å². The fourth-order valence-corrected chi connectivity index (χ4v) is 3.19. The molecule has 0 spiro atoms. The predicted octanol–water partition coefficient (Wildman–Crippen LogP) is -6.10. The summed E-state index contributed by atoms with van der Waals surface area (Å²) >= 11 is 0. The first kappa shape index (κ1) is 19.8.